The first-order valence-electron chi connectivity index (χ1n) is 22.0. The highest BCUT2D eigenvalue weighted by molar-refractivity contribution is 4.94. The molecular formula is C45H86O12. The van der Waals surface area contributed by atoms with Gasteiger partial charge in [0.1, 0.15) is 0 Å². The van der Waals surface area contributed by atoms with Gasteiger partial charge in [0, 0.05) is 38.5 Å². The highest BCUT2D eigenvalue weighted by atomic mass is 17.3. The topological polar surface area (TPSA) is 111 Å². The fraction of sp³-hybridized carbons (Fsp3) is 1.00. The number of rotatable bonds is 19. The van der Waals surface area contributed by atoms with E-state index in [1.807, 2.05) is 111 Å². The van der Waals surface area contributed by atoms with E-state index in [2.05, 4.69) is 13.8 Å². The third kappa shape index (κ3) is 17.8. The molecule has 338 valence electrons. The molecule has 0 amide bonds. The normalized spacial score (nSPS) is 24.8. The summed E-state index contributed by atoms with van der Waals surface area (Å²) in [6.07, 6.45) is 12.1. The van der Waals surface area contributed by atoms with Gasteiger partial charge in [0.05, 0.1) is 33.6 Å². The van der Waals surface area contributed by atoms with Gasteiger partial charge in [-0.3, -0.25) is 0 Å². The van der Waals surface area contributed by atoms with Gasteiger partial charge in [-0.15, -0.1) is 0 Å². The summed E-state index contributed by atoms with van der Waals surface area (Å²) in [5, 5.41) is 0. The van der Waals surface area contributed by atoms with Crippen molar-refractivity contribution in [3.05, 3.63) is 0 Å². The average Bonchev–Trinajstić information content (AvgIpc) is 3.09. The molecule has 0 aromatic heterocycles. The Bertz CT molecular complexity index is 1160. The van der Waals surface area contributed by atoms with Gasteiger partial charge in [-0.1, -0.05) is 20.3 Å². The van der Waals surface area contributed by atoms with E-state index in [0.717, 1.165) is 44.9 Å². The van der Waals surface area contributed by atoms with E-state index in [4.69, 9.17) is 58.7 Å². The minimum Gasteiger partial charge on any atom is -0.228 e. The first-order valence-corrected chi connectivity index (χ1v) is 22.0. The van der Waals surface area contributed by atoms with Gasteiger partial charge in [0.15, 0.2) is 0 Å². The largest absolute Gasteiger partial charge is 0.234 e. The summed E-state index contributed by atoms with van der Waals surface area (Å²) >= 11 is 0. The molecule has 57 heavy (non-hydrogen) atoms. The van der Waals surface area contributed by atoms with Crippen LogP contribution < -0.4 is 0 Å². The molecule has 0 unspecified atom stereocenters. The molecule has 3 rings (SSSR count). The van der Waals surface area contributed by atoms with Crippen LogP contribution in [0, 0.1) is 17.3 Å². The second-order valence-electron chi connectivity index (χ2n) is 23.1. The monoisotopic (exact) mass is 819 g/mol. The van der Waals surface area contributed by atoms with Crippen LogP contribution in [0.5, 0.6) is 0 Å². The minimum atomic E-state index is -1.04. The Hall–Kier alpha value is -0.480. The van der Waals surface area contributed by atoms with Crippen LogP contribution in [0.1, 0.15) is 221 Å². The molecule has 0 radical (unpaired) electrons. The zero-order valence-electron chi connectivity index (χ0n) is 39.7. The SMILES string of the molecule is CC(C)(C)OOC1(OOC(C)(C)C)CCC(C(C)(C)C2CCC(OOC(C)(C)C)(OOC(C)(C)CCC(C)(C)OOC3(OOC(C)(C)C)CCCCC3)CC2)CC1. The van der Waals surface area contributed by atoms with Gasteiger partial charge in [0.2, 0.25) is 17.4 Å². The van der Waals surface area contributed by atoms with Crippen molar-refractivity contribution in [2.45, 2.75) is 272 Å². The Balaban J connectivity index is 1.61. The van der Waals surface area contributed by atoms with Crippen molar-refractivity contribution < 1.29 is 58.7 Å². The van der Waals surface area contributed by atoms with E-state index in [9.17, 15) is 0 Å². The van der Waals surface area contributed by atoms with Crippen LogP contribution in [0.4, 0.5) is 0 Å². The van der Waals surface area contributed by atoms with E-state index in [1.165, 1.54) is 0 Å². The second-order valence-corrected chi connectivity index (χ2v) is 23.1. The third-order valence-electron chi connectivity index (χ3n) is 11.2. The van der Waals surface area contributed by atoms with Crippen molar-refractivity contribution in [2.75, 3.05) is 0 Å². The van der Waals surface area contributed by atoms with Crippen molar-refractivity contribution in [3.8, 4) is 0 Å². The lowest BCUT2D eigenvalue weighted by Gasteiger charge is -2.50. The molecule has 12 heteroatoms. The lowest BCUT2D eigenvalue weighted by atomic mass is 9.60. The first-order chi connectivity index (χ1) is 25.8. The summed E-state index contributed by atoms with van der Waals surface area (Å²) in [6, 6.07) is 0. The van der Waals surface area contributed by atoms with Crippen LogP contribution in [0.2, 0.25) is 0 Å². The maximum atomic E-state index is 6.36. The zero-order valence-corrected chi connectivity index (χ0v) is 39.7. The van der Waals surface area contributed by atoms with Crippen LogP contribution in [-0.2, 0) is 58.7 Å². The molecule has 0 aromatic carbocycles. The molecule has 3 aliphatic carbocycles. The molecular weight excluding hydrogens is 732 g/mol. The third-order valence-corrected chi connectivity index (χ3v) is 11.2. The highest BCUT2D eigenvalue weighted by Gasteiger charge is 2.51. The Labute approximate surface area is 347 Å². The highest BCUT2D eigenvalue weighted by Crippen LogP contribution is 2.53. The van der Waals surface area contributed by atoms with Gasteiger partial charge in [-0.25, -0.2) is 29.3 Å². The van der Waals surface area contributed by atoms with Crippen LogP contribution >= 0.6 is 0 Å². The smallest absolute Gasteiger partial charge is 0.228 e. The average molecular weight is 819 g/mol. The summed E-state index contributed by atoms with van der Waals surface area (Å²) < 4.78 is 0. The molecule has 3 aliphatic rings. The number of hydrogen-bond acceptors (Lipinski definition) is 12. The molecule has 12 nitrogen and oxygen atoms in total. The van der Waals surface area contributed by atoms with Gasteiger partial charge in [-0.2, -0.15) is 29.3 Å². The predicted molar refractivity (Wildman–Crippen MR) is 218 cm³/mol. The van der Waals surface area contributed by atoms with Gasteiger partial charge in [0.25, 0.3) is 0 Å². The molecule has 3 fully saturated rings. The van der Waals surface area contributed by atoms with Gasteiger partial charge in [-0.05, 0) is 179 Å². The molecule has 0 bridgehead atoms. The zero-order chi connectivity index (χ0) is 43.2. The van der Waals surface area contributed by atoms with Crippen molar-refractivity contribution in [1.82, 2.24) is 0 Å². The van der Waals surface area contributed by atoms with Crippen molar-refractivity contribution in [3.63, 3.8) is 0 Å². The van der Waals surface area contributed by atoms with Crippen molar-refractivity contribution in [1.29, 1.82) is 0 Å². The van der Waals surface area contributed by atoms with Crippen LogP contribution in [0.3, 0.4) is 0 Å². The fourth-order valence-electron chi connectivity index (χ4n) is 7.44. The Morgan fingerprint density at radius 3 is 0.842 bits per heavy atom. The first kappa shape index (κ1) is 50.9. The maximum absolute atomic E-state index is 6.36. The Kier molecular flexibility index (Phi) is 17.2. The summed E-state index contributed by atoms with van der Waals surface area (Å²) in [7, 11) is 0. The van der Waals surface area contributed by atoms with E-state index in [-0.39, 0.29) is 5.41 Å². The standard InChI is InChI=1S/C45H86O12/c1-36(2,3)46-52-43(26-20-19-21-27-43)56-50-40(13,14)32-33-41(15,16)51-57-45(55-49-39(10,11)12)30-24-35(25-31-45)42(17,18)34-22-28-44(29-23-34,53-47-37(4,5)6)54-48-38(7,8)9/h34-35H,19-33H2,1-18H3. The van der Waals surface area contributed by atoms with Crippen molar-refractivity contribution >= 4 is 0 Å². The molecule has 0 atom stereocenters. The second kappa shape index (κ2) is 19.3. The molecule has 3 saturated carbocycles. The van der Waals surface area contributed by atoms with Gasteiger partial charge < -0.3 is 0 Å². The summed E-state index contributed by atoms with van der Waals surface area (Å²) in [4.78, 5) is 72.3. The van der Waals surface area contributed by atoms with E-state index in [1.54, 1.807) is 0 Å². The lowest BCUT2D eigenvalue weighted by molar-refractivity contribution is -0.551. The van der Waals surface area contributed by atoms with E-state index < -0.39 is 51.0 Å². The van der Waals surface area contributed by atoms with E-state index >= 15 is 0 Å². The predicted octanol–water partition coefficient (Wildman–Crippen LogP) is 12.7. The fourth-order valence-corrected chi connectivity index (χ4v) is 7.44. The Morgan fingerprint density at radius 2 is 0.579 bits per heavy atom. The summed E-state index contributed by atoms with van der Waals surface area (Å²) in [6.45, 7) is 36.5. The quantitative estimate of drug-likeness (QED) is 0.0703. The van der Waals surface area contributed by atoms with Crippen molar-refractivity contribution in [2.24, 2.45) is 17.3 Å². The maximum Gasteiger partial charge on any atom is 0.234 e. The summed E-state index contributed by atoms with van der Waals surface area (Å²) in [5.41, 5.74) is -3.16. The van der Waals surface area contributed by atoms with Crippen LogP contribution in [-0.4, -0.2) is 51.0 Å². The minimum absolute atomic E-state index is 0.0485. The molecule has 0 aliphatic heterocycles. The van der Waals surface area contributed by atoms with Gasteiger partial charge >= 0.3 is 0 Å². The molecule has 0 spiro atoms. The molecule has 0 aromatic rings. The molecule has 0 saturated heterocycles. The Morgan fingerprint density at radius 1 is 0.333 bits per heavy atom. The van der Waals surface area contributed by atoms with E-state index in [0.29, 0.717) is 63.2 Å². The molecule has 0 N–H and O–H groups in total. The van der Waals surface area contributed by atoms with Crippen LogP contribution in [0.25, 0.3) is 0 Å². The van der Waals surface area contributed by atoms with Crippen LogP contribution in [0.15, 0.2) is 0 Å². The number of hydrogen-bond donors (Lipinski definition) is 0. The molecule has 0 heterocycles. The summed E-state index contributed by atoms with van der Waals surface area (Å²) in [5.74, 6) is -2.01. The lowest BCUT2D eigenvalue weighted by Crippen LogP contribution is -2.49.